The predicted molar refractivity (Wildman–Crippen MR) is 59.8 cm³/mol. The summed E-state index contributed by atoms with van der Waals surface area (Å²) in [6, 6.07) is 4.59. The number of ether oxygens (including phenoxy) is 1. The number of carbonyl (C=O) groups is 1. The molecule has 0 fully saturated rings. The van der Waals surface area contributed by atoms with Crippen molar-refractivity contribution >= 4 is 11.5 Å². The fourth-order valence-corrected chi connectivity index (χ4v) is 1.38. The Kier molecular flexibility index (Phi) is 4.61. The van der Waals surface area contributed by atoms with Crippen molar-refractivity contribution in [2.24, 2.45) is 0 Å². The highest BCUT2D eigenvalue weighted by Crippen LogP contribution is 2.29. The van der Waals surface area contributed by atoms with Crippen molar-refractivity contribution in [1.82, 2.24) is 0 Å². The molecule has 0 heterocycles. The summed E-state index contributed by atoms with van der Waals surface area (Å²) in [5, 5.41) is 7.45. The van der Waals surface area contributed by atoms with Crippen LogP contribution in [0.15, 0.2) is 24.3 Å². The van der Waals surface area contributed by atoms with Crippen LogP contribution >= 0.6 is 0 Å². The summed E-state index contributed by atoms with van der Waals surface area (Å²) in [6.07, 6.45) is -4.55. The zero-order valence-corrected chi connectivity index (χ0v) is 9.67. The van der Waals surface area contributed by atoms with E-state index in [4.69, 9.17) is 5.41 Å². The SMILES string of the molecule is COCC(=O)C(=N)Cc1cccc(C(F)(F)F)c1. The molecule has 0 saturated heterocycles. The van der Waals surface area contributed by atoms with Crippen LogP contribution in [0.5, 0.6) is 0 Å². The number of methoxy groups -OCH3 is 1. The van der Waals surface area contributed by atoms with Gasteiger partial charge in [-0.1, -0.05) is 18.2 Å². The molecular weight excluding hydrogens is 247 g/mol. The number of hydrogen-bond acceptors (Lipinski definition) is 3. The van der Waals surface area contributed by atoms with Crippen molar-refractivity contribution in [2.75, 3.05) is 13.7 Å². The summed E-state index contributed by atoms with van der Waals surface area (Å²) >= 11 is 0. The van der Waals surface area contributed by atoms with Crippen LogP contribution < -0.4 is 0 Å². The van der Waals surface area contributed by atoms with E-state index in [1.165, 1.54) is 19.2 Å². The normalized spacial score (nSPS) is 11.3. The number of ketones is 1. The third kappa shape index (κ3) is 3.96. The van der Waals surface area contributed by atoms with Gasteiger partial charge in [-0.15, -0.1) is 0 Å². The summed E-state index contributed by atoms with van der Waals surface area (Å²) in [5.74, 6) is -0.532. The molecule has 0 unspecified atom stereocenters. The largest absolute Gasteiger partial charge is 0.416 e. The Labute approximate surface area is 102 Å². The molecule has 1 aromatic carbocycles. The highest BCUT2D eigenvalue weighted by atomic mass is 19.4. The molecule has 0 aliphatic rings. The quantitative estimate of drug-likeness (QED) is 0.826. The van der Waals surface area contributed by atoms with Gasteiger partial charge >= 0.3 is 6.18 Å². The Morgan fingerprint density at radius 1 is 1.39 bits per heavy atom. The number of hydrogen-bond donors (Lipinski definition) is 1. The second-order valence-electron chi connectivity index (χ2n) is 3.71. The second-order valence-corrected chi connectivity index (χ2v) is 3.71. The van der Waals surface area contributed by atoms with Gasteiger partial charge in [0.05, 0.1) is 11.3 Å². The van der Waals surface area contributed by atoms with E-state index in [1.807, 2.05) is 0 Å². The van der Waals surface area contributed by atoms with Crippen molar-refractivity contribution in [3.63, 3.8) is 0 Å². The number of halogens is 3. The number of rotatable bonds is 5. The molecule has 1 rings (SSSR count). The van der Waals surface area contributed by atoms with E-state index in [0.717, 1.165) is 12.1 Å². The average molecular weight is 259 g/mol. The highest BCUT2D eigenvalue weighted by Gasteiger charge is 2.30. The Morgan fingerprint density at radius 3 is 2.61 bits per heavy atom. The van der Waals surface area contributed by atoms with E-state index < -0.39 is 17.5 Å². The van der Waals surface area contributed by atoms with Crippen LogP contribution in [0.25, 0.3) is 0 Å². The molecule has 1 N–H and O–H groups in total. The van der Waals surface area contributed by atoms with Gasteiger partial charge in [-0.3, -0.25) is 4.79 Å². The minimum Gasteiger partial charge on any atom is -0.376 e. The fraction of sp³-hybridized carbons (Fsp3) is 0.333. The lowest BCUT2D eigenvalue weighted by Gasteiger charge is -2.08. The second kappa shape index (κ2) is 5.77. The van der Waals surface area contributed by atoms with Crippen LogP contribution in [0.3, 0.4) is 0 Å². The minimum absolute atomic E-state index is 0.133. The minimum atomic E-state index is -4.42. The van der Waals surface area contributed by atoms with Gasteiger partial charge in [0.1, 0.15) is 6.61 Å². The van der Waals surface area contributed by atoms with Gasteiger partial charge in [0.15, 0.2) is 0 Å². The van der Waals surface area contributed by atoms with Gasteiger partial charge in [-0.25, -0.2) is 0 Å². The van der Waals surface area contributed by atoms with Gasteiger partial charge in [-0.05, 0) is 11.6 Å². The monoisotopic (exact) mass is 259 g/mol. The fourth-order valence-electron chi connectivity index (χ4n) is 1.38. The zero-order chi connectivity index (χ0) is 13.8. The number of Topliss-reactive ketones (excluding diaryl/α,β-unsaturated/α-hetero) is 1. The molecule has 0 radical (unpaired) electrons. The third-order valence-electron chi connectivity index (χ3n) is 2.25. The summed E-state index contributed by atoms with van der Waals surface area (Å²) in [4.78, 5) is 11.3. The van der Waals surface area contributed by atoms with E-state index in [2.05, 4.69) is 4.74 Å². The topological polar surface area (TPSA) is 50.2 Å². The lowest BCUT2D eigenvalue weighted by molar-refractivity contribution is -0.137. The van der Waals surface area contributed by atoms with Gasteiger partial charge in [0, 0.05) is 13.5 Å². The van der Waals surface area contributed by atoms with Gasteiger partial charge in [0.25, 0.3) is 0 Å². The molecule has 0 aromatic heterocycles. The molecule has 0 aliphatic carbocycles. The Hall–Kier alpha value is -1.69. The maximum atomic E-state index is 12.4. The standard InChI is InChI=1S/C12H12F3NO2/c1-18-7-11(17)10(16)6-8-3-2-4-9(5-8)12(13,14)15/h2-5,16H,6-7H2,1H3. The van der Waals surface area contributed by atoms with Crippen molar-refractivity contribution in [2.45, 2.75) is 12.6 Å². The van der Waals surface area contributed by atoms with Crippen LogP contribution in [0, 0.1) is 5.41 Å². The van der Waals surface area contributed by atoms with Gasteiger partial charge in [-0.2, -0.15) is 13.2 Å². The molecule has 0 amide bonds. The maximum absolute atomic E-state index is 12.4. The smallest absolute Gasteiger partial charge is 0.376 e. The van der Waals surface area contributed by atoms with E-state index in [-0.39, 0.29) is 24.3 Å². The van der Waals surface area contributed by atoms with E-state index in [9.17, 15) is 18.0 Å². The molecule has 0 aliphatic heterocycles. The first kappa shape index (κ1) is 14.4. The predicted octanol–water partition coefficient (Wildman–Crippen LogP) is 2.48. The lowest BCUT2D eigenvalue weighted by Crippen LogP contribution is -2.20. The van der Waals surface area contributed by atoms with Gasteiger partial charge in [0.2, 0.25) is 5.78 Å². The Morgan fingerprint density at radius 2 is 2.06 bits per heavy atom. The molecule has 1 aromatic rings. The first-order valence-electron chi connectivity index (χ1n) is 5.10. The van der Waals surface area contributed by atoms with Crippen molar-refractivity contribution in [3.05, 3.63) is 35.4 Å². The van der Waals surface area contributed by atoms with Crippen LogP contribution in [0.1, 0.15) is 11.1 Å². The Bertz CT molecular complexity index is 455. The van der Waals surface area contributed by atoms with Gasteiger partial charge < -0.3 is 10.1 Å². The molecular formula is C12H12F3NO2. The molecule has 6 heteroatoms. The summed E-state index contributed by atoms with van der Waals surface area (Å²) in [7, 11) is 1.31. The van der Waals surface area contributed by atoms with E-state index in [0.29, 0.717) is 0 Å². The summed E-state index contributed by atoms with van der Waals surface area (Å²) in [5.41, 5.74) is -0.776. The maximum Gasteiger partial charge on any atom is 0.416 e. The van der Waals surface area contributed by atoms with Crippen molar-refractivity contribution in [3.8, 4) is 0 Å². The lowest BCUT2D eigenvalue weighted by atomic mass is 10.0. The number of alkyl halides is 3. The first-order valence-corrected chi connectivity index (χ1v) is 5.10. The van der Waals surface area contributed by atoms with Crippen LogP contribution in [-0.4, -0.2) is 25.2 Å². The van der Waals surface area contributed by atoms with E-state index in [1.54, 1.807) is 0 Å². The van der Waals surface area contributed by atoms with Crippen LogP contribution in [0.2, 0.25) is 0 Å². The third-order valence-corrected chi connectivity index (χ3v) is 2.25. The molecule has 0 atom stereocenters. The Balaban J connectivity index is 2.80. The molecule has 18 heavy (non-hydrogen) atoms. The average Bonchev–Trinajstić information content (AvgIpc) is 2.28. The first-order chi connectivity index (χ1) is 8.34. The van der Waals surface area contributed by atoms with Crippen LogP contribution in [0.4, 0.5) is 13.2 Å². The van der Waals surface area contributed by atoms with Crippen molar-refractivity contribution in [1.29, 1.82) is 5.41 Å². The van der Waals surface area contributed by atoms with Crippen molar-refractivity contribution < 1.29 is 22.7 Å². The molecule has 3 nitrogen and oxygen atoms in total. The summed E-state index contributed by atoms with van der Waals surface area (Å²) in [6.45, 7) is -0.238. The molecule has 0 bridgehead atoms. The zero-order valence-electron chi connectivity index (χ0n) is 9.67. The molecule has 0 saturated carbocycles. The number of carbonyl (C=O) groups excluding carboxylic acids is 1. The highest BCUT2D eigenvalue weighted by molar-refractivity contribution is 6.39. The number of nitrogens with one attached hydrogen (secondary N) is 1. The van der Waals surface area contributed by atoms with Crippen LogP contribution in [-0.2, 0) is 22.1 Å². The van der Waals surface area contributed by atoms with E-state index >= 15 is 0 Å². The number of benzene rings is 1. The molecule has 98 valence electrons. The summed E-state index contributed by atoms with van der Waals surface area (Å²) < 4.78 is 41.9. The molecule has 0 spiro atoms.